The zero-order valence-electron chi connectivity index (χ0n) is 8.95. The van der Waals surface area contributed by atoms with Gasteiger partial charge in [-0.1, -0.05) is 0 Å². The van der Waals surface area contributed by atoms with Gasteiger partial charge in [0.1, 0.15) is 5.78 Å². The van der Waals surface area contributed by atoms with Crippen molar-refractivity contribution in [2.75, 3.05) is 19.6 Å². The maximum absolute atomic E-state index is 11.8. The molecule has 5 heteroatoms. The van der Waals surface area contributed by atoms with E-state index in [-0.39, 0.29) is 23.9 Å². The lowest BCUT2D eigenvalue weighted by Gasteiger charge is -2.45. The molecule has 2 unspecified atom stereocenters. The van der Waals surface area contributed by atoms with Crippen molar-refractivity contribution in [2.24, 2.45) is 0 Å². The molecular weight excluding hydrogens is 194 g/mol. The lowest BCUT2D eigenvalue weighted by Crippen LogP contribution is -2.65. The van der Waals surface area contributed by atoms with E-state index in [9.17, 15) is 9.59 Å². The van der Waals surface area contributed by atoms with Gasteiger partial charge in [-0.2, -0.15) is 0 Å². The van der Waals surface area contributed by atoms with Crippen molar-refractivity contribution in [3.63, 3.8) is 0 Å². The number of piperidine rings is 1. The monoisotopic (exact) mass is 211 g/mol. The number of nitrogens with zero attached hydrogens (tertiary/aromatic N) is 1. The van der Waals surface area contributed by atoms with Gasteiger partial charge in [-0.05, 0) is 6.92 Å². The van der Waals surface area contributed by atoms with Crippen molar-refractivity contribution in [3.05, 3.63) is 0 Å². The first-order valence-electron chi connectivity index (χ1n) is 5.51. The van der Waals surface area contributed by atoms with E-state index in [2.05, 4.69) is 10.6 Å². The normalized spacial score (nSPS) is 30.2. The Hall–Kier alpha value is -1.10. The van der Waals surface area contributed by atoms with Gasteiger partial charge in [0.15, 0.2) is 0 Å². The minimum atomic E-state index is -0.0264. The van der Waals surface area contributed by atoms with Crippen molar-refractivity contribution in [1.82, 2.24) is 15.5 Å². The van der Waals surface area contributed by atoms with E-state index in [1.807, 2.05) is 11.8 Å². The molecule has 0 radical (unpaired) electrons. The number of piperazine rings is 1. The molecule has 2 N–H and O–H groups in total. The predicted octanol–water partition coefficient (Wildman–Crippen LogP) is -0.279. The van der Waals surface area contributed by atoms with Gasteiger partial charge < -0.3 is 15.5 Å². The molecule has 2 atom stereocenters. The Balaban J connectivity index is 2.10. The Morgan fingerprint density at radius 2 is 2.07 bits per heavy atom. The Labute approximate surface area is 89.2 Å². The van der Waals surface area contributed by atoms with Crippen LogP contribution in [0.5, 0.6) is 0 Å². The zero-order chi connectivity index (χ0) is 10.8. The van der Waals surface area contributed by atoms with E-state index in [1.165, 1.54) is 0 Å². The van der Waals surface area contributed by atoms with Gasteiger partial charge in [-0.25, -0.2) is 4.79 Å². The Morgan fingerprint density at radius 1 is 1.47 bits per heavy atom. The van der Waals surface area contributed by atoms with E-state index in [0.29, 0.717) is 19.4 Å². The largest absolute Gasteiger partial charge is 0.338 e. The quantitative estimate of drug-likeness (QED) is 0.627. The smallest absolute Gasteiger partial charge is 0.318 e. The van der Waals surface area contributed by atoms with E-state index in [0.717, 1.165) is 13.1 Å². The molecule has 0 aliphatic carbocycles. The number of hydrogen-bond donors (Lipinski definition) is 2. The van der Waals surface area contributed by atoms with Gasteiger partial charge in [0.05, 0.1) is 12.1 Å². The van der Waals surface area contributed by atoms with Crippen LogP contribution in [0, 0.1) is 0 Å². The van der Waals surface area contributed by atoms with Crippen LogP contribution in [-0.2, 0) is 4.79 Å². The highest BCUT2D eigenvalue weighted by Gasteiger charge is 2.39. The predicted molar refractivity (Wildman–Crippen MR) is 55.6 cm³/mol. The van der Waals surface area contributed by atoms with Crippen LogP contribution in [0.1, 0.15) is 19.8 Å². The van der Waals surface area contributed by atoms with Crippen LogP contribution in [0.25, 0.3) is 0 Å². The molecular formula is C10H17N3O2. The summed E-state index contributed by atoms with van der Waals surface area (Å²) in [5.41, 5.74) is 0. The molecule has 2 heterocycles. The van der Waals surface area contributed by atoms with E-state index >= 15 is 0 Å². The second-order valence-electron chi connectivity index (χ2n) is 4.16. The number of urea groups is 1. The molecule has 2 rings (SSSR count). The molecule has 0 spiro atoms. The molecule has 0 aromatic heterocycles. The molecule has 15 heavy (non-hydrogen) atoms. The number of nitrogens with one attached hydrogen (secondary N) is 2. The van der Waals surface area contributed by atoms with E-state index in [1.54, 1.807) is 0 Å². The Kier molecular flexibility index (Phi) is 2.90. The SMILES string of the molecule is CCNC(=O)N1C2CNCC1CC(=O)C2. The molecule has 2 aliphatic heterocycles. The average molecular weight is 211 g/mol. The summed E-state index contributed by atoms with van der Waals surface area (Å²) in [5.74, 6) is 0.284. The summed E-state index contributed by atoms with van der Waals surface area (Å²) in [4.78, 5) is 25.1. The van der Waals surface area contributed by atoms with Gasteiger partial charge >= 0.3 is 6.03 Å². The number of carbonyl (C=O) groups is 2. The van der Waals surface area contributed by atoms with E-state index < -0.39 is 0 Å². The van der Waals surface area contributed by atoms with Gasteiger partial charge in [-0.3, -0.25) is 4.79 Å². The van der Waals surface area contributed by atoms with Crippen LogP contribution in [0.15, 0.2) is 0 Å². The van der Waals surface area contributed by atoms with Crippen molar-refractivity contribution in [1.29, 1.82) is 0 Å². The average Bonchev–Trinajstić information content (AvgIpc) is 2.16. The third-order valence-corrected chi connectivity index (χ3v) is 3.04. The van der Waals surface area contributed by atoms with Crippen LogP contribution in [0.3, 0.4) is 0 Å². The van der Waals surface area contributed by atoms with E-state index in [4.69, 9.17) is 0 Å². The maximum Gasteiger partial charge on any atom is 0.318 e. The number of rotatable bonds is 1. The molecule has 2 fully saturated rings. The Bertz CT molecular complexity index is 264. The summed E-state index contributed by atoms with van der Waals surface area (Å²) in [6, 6.07) is 0.0783. The molecule has 2 bridgehead atoms. The number of hydrogen-bond acceptors (Lipinski definition) is 3. The van der Waals surface area contributed by atoms with Crippen molar-refractivity contribution >= 4 is 11.8 Å². The second kappa shape index (κ2) is 4.18. The number of ketones is 1. The minimum Gasteiger partial charge on any atom is -0.338 e. The maximum atomic E-state index is 11.8. The molecule has 0 aromatic carbocycles. The van der Waals surface area contributed by atoms with Crippen molar-refractivity contribution in [3.8, 4) is 0 Å². The van der Waals surface area contributed by atoms with Gasteiger partial charge in [0, 0.05) is 32.5 Å². The molecule has 84 valence electrons. The fraction of sp³-hybridized carbons (Fsp3) is 0.800. The van der Waals surface area contributed by atoms with Crippen LogP contribution < -0.4 is 10.6 Å². The summed E-state index contributed by atoms with van der Waals surface area (Å²) < 4.78 is 0. The van der Waals surface area contributed by atoms with Crippen LogP contribution >= 0.6 is 0 Å². The highest BCUT2D eigenvalue weighted by molar-refractivity contribution is 5.84. The minimum absolute atomic E-state index is 0.0264. The number of amides is 2. The summed E-state index contributed by atoms with van der Waals surface area (Å²) >= 11 is 0. The first-order valence-corrected chi connectivity index (χ1v) is 5.51. The fourth-order valence-corrected chi connectivity index (χ4v) is 2.44. The second-order valence-corrected chi connectivity index (χ2v) is 4.16. The third kappa shape index (κ3) is 1.97. The summed E-state index contributed by atoms with van der Waals surface area (Å²) in [7, 11) is 0. The van der Waals surface area contributed by atoms with Crippen molar-refractivity contribution < 1.29 is 9.59 Å². The zero-order valence-corrected chi connectivity index (χ0v) is 8.95. The number of fused-ring (bicyclic) bond motifs is 2. The summed E-state index contributed by atoms with van der Waals surface area (Å²) in [6.45, 7) is 4.01. The summed E-state index contributed by atoms with van der Waals surface area (Å²) in [5, 5.41) is 6.07. The topological polar surface area (TPSA) is 61.4 Å². The molecule has 2 saturated heterocycles. The highest BCUT2D eigenvalue weighted by atomic mass is 16.2. The standard InChI is InChI=1S/C10H17N3O2/c1-2-12-10(15)13-7-3-9(14)4-8(13)6-11-5-7/h7-8,11H,2-6H2,1H3,(H,12,15). The third-order valence-electron chi connectivity index (χ3n) is 3.04. The van der Waals surface area contributed by atoms with Gasteiger partial charge in [-0.15, -0.1) is 0 Å². The lowest BCUT2D eigenvalue weighted by molar-refractivity contribution is -0.124. The number of Topliss-reactive ketones (excluding diaryl/α,β-unsaturated/α-hetero) is 1. The molecule has 5 nitrogen and oxygen atoms in total. The molecule has 0 saturated carbocycles. The van der Waals surface area contributed by atoms with Crippen LogP contribution in [-0.4, -0.2) is 48.4 Å². The highest BCUT2D eigenvalue weighted by Crippen LogP contribution is 2.22. The molecule has 2 aliphatic rings. The van der Waals surface area contributed by atoms with Gasteiger partial charge in [0.25, 0.3) is 0 Å². The summed E-state index contributed by atoms with van der Waals surface area (Å²) in [6.07, 6.45) is 1.00. The lowest BCUT2D eigenvalue weighted by atomic mass is 9.92. The van der Waals surface area contributed by atoms with Gasteiger partial charge in [0.2, 0.25) is 0 Å². The number of carbonyl (C=O) groups excluding carboxylic acids is 2. The Morgan fingerprint density at radius 3 is 2.60 bits per heavy atom. The molecule has 0 aromatic rings. The molecule has 2 amide bonds. The van der Waals surface area contributed by atoms with Crippen molar-refractivity contribution in [2.45, 2.75) is 31.8 Å². The van der Waals surface area contributed by atoms with Crippen LogP contribution in [0.2, 0.25) is 0 Å². The first kappa shape index (κ1) is 10.4. The first-order chi connectivity index (χ1) is 7.22. The fourth-order valence-electron chi connectivity index (χ4n) is 2.44. The van der Waals surface area contributed by atoms with Crippen LogP contribution in [0.4, 0.5) is 4.79 Å².